The normalized spacial score (nSPS) is 15.6. The number of hydrogen-bond acceptors (Lipinski definition) is 8. The molecular formula is C19H16FN3O3S3. The van der Waals surface area contributed by atoms with E-state index in [4.69, 9.17) is 15.2 Å². The van der Waals surface area contributed by atoms with Crippen molar-refractivity contribution in [3.8, 4) is 5.75 Å². The van der Waals surface area contributed by atoms with Crippen LogP contribution in [-0.2, 0) is 21.9 Å². The van der Waals surface area contributed by atoms with Gasteiger partial charge in [0.05, 0.1) is 12.4 Å². The van der Waals surface area contributed by atoms with Gasteiger partial charge >= 0.3 is 0 Å². The van der Waals surface area contributed by atoms with Gasteiger partial charge in [-0.25, -0.2) is 4.39 Å². The lowest BCUT2D eigenvalue weighted by Gasteiger charge is -2.28. The van der Waals surface area contributed by atoms with Crippen LogP contribution in [0.25, 0.3) is 0 Å². The van der Waals surface area contributed by atoms with Crippen LogP contribution in [0.3, 0.4) is 0 Å². The van der Waals surface area contributed by atoms with Gasteiger partial charge in [0.15, 0.2) is 8.68 Å². The van der Waals surface area contributed by atoms with E-state index in [1.54, 1.807) is 0 Å². The zero-order chi connectivity index (χ0) is 20.2. The highest BCUT2D eigenvalue weighted by Gasteiger charge is 2.25. The van der Waals surface area contributed by atoms with Crippen molar-refractivity contribution in [3.05, 3.63) is 65.0 Å². The Morgan fingerprint density at radius 3 is 2.72 bits per heavy atom. The number of amides is 1. The molecule has 0 bridgehead atoms. The smallest absolute Gasteiger partial charge is 0.227 e. The second-order valence-electron chi connectivity index (χ2n) is 6.10. The van der Waals surface area contributed by atoms with Gasteiger partial charge in [0.25, 0.3) is 0 Å². The molecule has 0 radical (unpaired) electrons. The molecule has 3 aromatic rings. The van der Waals surface area contributed by atoms with E-state index in [0.717, 1.165) is 15.5 Å². The largest absolute Gasteiger partial charge is 0.460 e. The van der Waals surface area contributed by atoms with Gasteiger partial charge in [-0.2, -0.15) is 0 Å². The van der Waals surface area contributed by atoms with Crippen molar-refractivity contribution in [2.24, 2.45) is 5.73 Å². The maximum atomic E-state index is 14.1. The molecule has 0 saturated heterocycles. The Morgan fingerprint density at radius 2 is 1.97 bits per heavy atom. The lowest BCUT2D eigenvalue weighted by atomic mass is 10.1. The second-order valence-corrected chi connectivity index (χ2v) is 9.52. The number of ether oxygens (including phenoxy) is 2. The number of hydrogen-bond donors (Lipinski definition) is 1. The number of benzene rings is 2. The van der Waals surface area contributed by atoms with E-state index in [0.29, 0.717) is 21.4 Å². The van der Waals surface area contributed by atoms with Crippen molar-refractivity contribution in [3.63, 3.8) is 0 Å². The number of nitrogens with two attached hydrogens (primary N) is 1. The van der Waals surface area contributed by atoms with E-state index < -0.39 is 12.2 Å². The van der Waals surface area contributed by atoms with Crippen LogP contribution in [0.1, 0.15) is 23.0 Å². The summed E-state index contributed by atoms with van der Waals surface area (Å²) in [6, 6.07) is 12.5. The zero-order valence-corrected chi connectivity index (χ0v) is 17.5. The Balaban J connectivity index is 1.48. The fourth-order valence-electron chi connectivity index (χ4n) is 2.74. The van der Waals surface area contributed by atoms with Crippen LogP contribution in [0, 0.1) is 5.82 Å². The van der Waals surface area contributed by atoms with Crippen molar-refractivity contribution in [1.82, 2.24) is 10.2 Å². The maximum Gasteiger partial charge on any atom is 0.227 e. The van der Waals surface area contributed by atoms with Crippen LogP contribution < -0.4 is 10.5 Å². The fourth-order valence-corrected chi connectivity index (χ4v) is 5.47. The Hall–Kier alpha value is -2.14. The molecule has 0 unspecified atom stereocenters. The van der Waals surface area contributed by atoms with Gasteiger partial charge in [-0.1, -0.05) is 65.2 Å². The van der Waals surface area contributed by atoms with Crippen molar-refractivity contribution < 1.29 is 18.7 Å². The molecule has 0 fully saturated rings. The van der Waals surface area contributed by atoms with Crippen LogP contribution in [0.15, 0.2) is 51.1 Å². The van der Waals surface area contributed by atoms with Crippen molar-refractivity contribution >= 4 is 40.8 Å². The van der Waals surface area contributed by atoms with Gasteiger partial charge in [-0.3, -0.25) is 4.79 Å². The fraction of sp³-hybridized carbons (Fsp3) is 0.211. The van der Waals surface area contributed by atoms with Gasteiger partial charge in [0.2, 0.25) is 12.2 Å². The number of halogens is 1. The summed E-state index contributed by atoms with van der Waals surface area (Å²) < 4.78 is 27.3. The molecule has 150 valence electrons. The minimum atomic E-state index is -0.531. The van der Waals surface area contributed by atoms with E-state index in [2.05, 4.69) is 10.2 Å². The summed E-state index contributed by atoms with van der Waals surface area (Å²) in [4.78, 5) is 10.9. The Labute approximate surface area is 179 Å². The highest BCUT2D eigenvalue weighted by atomic mass is 32.2. The predicted octanol–water partition coefficient (Wildman–Crippen LogP) is 4.15. The van der Waals surface area contributed by atoms with E-state index in [9.17, 15) is 9.18 Å². The first-order chi connectivity index (χ1) is 14.1. The molecule has 1 aliphatic rings. The van der Waals surface area contributed by atoms with E-state index in [1.807, 2.05) is 30.3 Å². The molecule has 1 aliphatic heterocycles. The first kappa shape index (κ1) is 20.1. The third-order valence-electron chi connectivity index (χ3n) is 3.97. The molecule has 2 N–H and O–H groups in total. The third kappa shape index (κ3) is 5.08. The summed E-state index contributed by atoms with van der Waals surface area (Å²) in [5.41, 5.74) is 7.47. The van der Waals surface area contributed by atoms with E-state index in [1.165, 1.54) is 47.0 Å². The van der Waals surface area contributed by atoms with Gasteiger partial charge in [0, 0.05) is 22.4 Å². The average molecular weight is 450 g/mol. The first-order valence-corrected chi connectivity index (χ1v) is 11.4. The summed E-state index contributed by atoms with van der Waals surface area (Å²) in [5.74, 6) is 0.534. The number of primary amides is 1. The third-order valence-corrected chi connectivity index (χ3v) is 7.23. The van der Waals surface area contributed by atoms with Crippen LogP contribution in [0.2, 0.25) is 0 Å². The van der Waals surface area contributed by atoms with Crippen LogP contribution in [0.4, 0.5) is 4.39 Å². The van der Waals surface area contributed by atoms with Crippen molar-refractivity contribution in [2.45, 2.75) is 27.3 Å². The summed E-state index contributed by atoms with van der Waals surface area (Å²) in [5, 5.41) is 8.14. The molecule has 29 heavy (non-hydrogen) atoms. The van der Waals surface area contributed by atoms with Crippen LogP contribution >= 0.6 is 34.9 Å². The summed E-state index contributed by atoms with van der Waals surface area (Å²) in [6.45, 7) is 0.275. The molecule has 10 heteroatoms. The first-order valence-electron chi connectivity index (χ1n) is 8.60. The molecule has 2 heterocycles. The highest BCUT2D eigenvalue weighted by Crippen LogP contribution is 2.39. The summed E-state index contributed by atoms with van der Waals surface area (Å²) >= 11 is 4.05. The van der Waals surface area contributed by atoms with Crippen LogP contribution in [-0.4, -0.2) is 21.9 Å². The number of thioether (sulfide) groups is 2. The maximum absolute atomic E-state index is 14.1. The molecule has 1 amide bonds. The molecule has 4 rings (SSSR count). The number of nitrogens with zero attached hydrogens (tertiary/aromatic N) is 2. The summed E-state index contributed by atoms with van der Waals surface area (Å²) in [7, 11) is 0. The minimum Gasteiger partial charge on any atom is -0.460 e. The molecule has 1 atom stereocenters. The second kappa shape index (κ2) is 9.12. The standard InChI is InChI=1S/C19H16FN3O3S3/c20-14-6-12-8-25-17(11-4-2-1-3-5-11)26-16(12)13(7-14)9-27-18-22-23-19(29-18)28-10-15(21)24/h1-7,17H,8-10H2,(H2,21,24)/t17-/m0/s1. The number of carbonyl (C=O) groups excluding carboxylic acids is 1. The van der Waals surface area contributed by atoms with E-state index in [-0.39, 0.29) is 18.2 Å². The molecule has 1 aromatic heterocycles. The topological polar surface area (TPSA) is 87.3 Å². The lowest BCUT2D eigenvalue weighted by molar-refractivity contribution is -0.115. The number of rotatable bonds is 7. The molecule has 6 nitrogen and oxygen atoms in total. The quantitative estimate of drug-likeness (QED) is 0.542. The van der Waals surface area contributed by atoms with Crippen molar-refractivity contribution in [2.75, 3.05) is 5.75 Å². The lowest BCUT2D eigenvalue weighted by Crippen LogP contribution is -2.19. The Morgan fingerprint density at radius 1 is 1.21 bits per heavy atom. The van der Waals surface area contributed by atoms with Crippen molar-refractivity contribution in [1.29, 1.82) is 0 Å². The minimum absolute atomic E-state index is 0.158. The molecular weight excluding hydrogens is 433 g/mol. The highest BCUT2D eigenvalue weighted by molar-refractivity contribution is 8.03. The Kier molecular flexibility index (Phi) is 6.34. The molecule has 0 spiro atoms. The van der Waals surface area contributed by atoms with Gasteiger partial charge in [-0.15, -0.1) is 10.2 Å². The number of fused-ring (bicyclic) bond motifs is 1. The number of aromatic nitrogens is 2. The zero-order valence-electron chi connectivity index (χ0n) is 15.0. The van der Waals surface area contributed by atoms with Gasteiger partial charge in [-0.05, 0) is 12.1 Å². The Bertz CT molecular complexity index is 1020. The van der Waals surface area contributed by atoms with E-state index >= 15 is 0 Å². The van der Waals surface area contributed by atoms with Crippen LogP contribution in [0.5, 0.6) is 5.75 Å². The molecule has 0 aliphatic carbocycles. The molecule has 2 aromatic carbocycles. The average Bonchev–Trinajstić information content (AvgIpc) is 3.18. The molecule has 0 saturated carbocycles. The SMILES string of the molecule is NC(=O)CSc1nnc(SCc2cc(F)cc3c2O[C@@H](c2ccccc2)OC3)s1. The number of carbonyl (C=O) groups is 1. The van der Waals surface area contributed by atoms with Gasteiger partial charge in [0.1, 0.15) is 11.6 Å². The monoisotopic (exact) mass is 449 g/mol. The predicted molar refractivity (Wildman–Crippen MR) is 110 cm³/mol. The summed E-state index contributed by atoms with van der Waals surface area (Å²) in [6.07, 6.45) is -0.531. The van der Waals surface area contributed by atoms with Gasteiger partial charge < -0.3 is 15.2 Å².